The van der Waals surface area contributed by atoms with Gasteiger partial charge in [0.1, 0.15) is 23.3 Å². The van der Waals surface area contributed by atoms with E-state index in [9.17, 15) is 14.4 Å². The molecule has 2 aromatic rings. The SMILES string of the molecule is COC(=O)Oc1ccccc1C(=O)Oc1ccc(C=O)cc1. The van der Waals surface area contributed by atoms with Gasteiger partial charge in [-0.25, -0.2) is 9.59 Å². The number of rotatable bonds is 4. The Morgan fingerprint density at radius 3 is 2.27 bits per heavy atom. The van der Waals surface area contributed by atoms with Crippen molar-refractivity contribution in [2.75, 3.05) is 7.11 Å². The van der Waals surface area contributed by atoms with Crippen molar-refractivity contribution < 1.29 is 28.6 Å². The van der Waals surface area contributed by atoms with Crippen molar-refractivity contribution in [1.29, 1.82) is 0 Å². The van der Waals surface area contributed by atoms with Crippen molar-refractivity contribution in [2.45, 2.75) is 0 Å². The molecule has 0 amide bonds. The maximum absolute atomic E-state index is 12.1. The molecule has 0 spiro atoms. The Balaban J connectivity index is 2.18. The molecule has 0 saturated heterocycles. The Labute approximate surface area is 126 Å². The molecule has 0 fully saturated rings. The van der Waals surface area contributed by atoms with E-state index in [1.165, 1.54) is 36.4 Å². The Morgan fingerprint density at radius 1 is 0.955 bits per heavy atom. The Bertz CT molecular complexity index is 690. The standard InChI is InChI=1S/C16H12O6/c1-20-16(19)22-14-5-3-2-4-13(14)15(18)21-12-8-6-11(10-17)7-9-12/h2-10H,1H3. The van der Waals surface area contributed by atoms with Crippen molar-refractivity contribution in [3.8, 4) is 11.5 Å². The maximum atomic E-state index is 12.1. The molecular weight excluding hydrogens is 288 g/mol. The van der Waals surface area contributed by atoms with Gasteiger partial charge in [0.15, 0.2) is 0 Å². The molecule has 22 heavy (non-hydrogen) atoms. The minimum Gasteiger partial charge on any atom is -0.437 e. The number of para-hydroxylation sites is 1. The summed E-state index contributed by atoms with van der Waals surface area (Å²) in [7, 11) is 1.16. The van der Waals surface area contributed by atoms with Crippen molar-refractivity contribution in [3.63, 3.8) is 0 Å². The first-order chi connectivity index (χ1) is 10.6. The first kappa shape index (κ1) is 15.2. The third-order valence-electron chi connectivity index (χ3n) is 2.69. The van der Waals surface area contributed by atoms with Gasteiger partial charge in [-0.05, 0) is 36.4 Å². The van der Waals surface area contributed by atoms with Crippen molar-refractivity contribution in [2.24, 2.45) is 0 Å². The van der Waals surface area contributed by atoms with Crippen LogP contribution < -0.4 is 9.47 Å². The predicted octanol–water partition coefficient (Wildman–Crippen LogP) is 2.86. The minimum atomic E-state index is -0.935. The fourth-order valence-electron chi connectivity index (χ4n) is 1.63. The van der Waals surface area contributed by atoms with E-state index in [0.717, 1.165) is 7.11 Å². The minimum absolute atomic E-state index is 0.0314. The largest absolute Gasteiger partial charge is 0.513 e. The molecule has 0 unspecified atom stereocenters. The van der Waals surface area contributed by atoms with Crippen LogP contribution in [-0.2, 0) is 4.74 Å². The van der Waals surface area contributed by atoms with E-state index >= 15 is 0 Å². The first-order valence-electron chi connectivity index (χ1n) is 6.26. The summed E-state index contributed by atoms with van der Waals surface area (Å²) in [5, 5.41) is 0. The van der Waals surface area contributed by atoms with Crippen LogP contribution in [0.25, 0.3) is 0 Å². The van der Waals surface area contributed by atoms with E-state index in [0.29, 0.717) is 11.8 Å². The smallest absolute Gasteiger partial charge is 0.437 e. The highest BCUT2D eigenvalue weighted by molar-refractivity contribution is 5.94. The number of benzene rings is 2. The zero-order valence-electron chi connectivity index (χ0n) is 11.6. The lowest BCUT2D eigenvalue weighted by Crippen LogP contribution is -2.14. The lowest BCUT2D eigenvalue weighted by molar-refractivity contribution is 0.0729. The van der Waals surface area contributed by atoms with Crippen molar-refractivity contribution in [1.82, 2.24) is 0 Å². The van der Waals surface area contributed by atoms with Crippen LogP contribution in [0.4, 0.5) is 4.79 Å². The van der Waals surface area contributed by atoms with Crippen LogP contribution in [0.2, 0.25) is 0 Å². The normalized spacial score (nSPS) is 9.68. The third kappa shape index (κ3) is 3.69. The lowest BCUT2D eigenvalue weighted by atomic mass is 10.2. The van der Waals surface area contributed by atoms with Gasteiger partial charge in [0.2, 0.25) is 0 Å². The van der Waals surface area contributed by atoms with E-state index < -0.39 is 12.1 Å². The van der Waals surface area contributed by atoms with E-state index in [1.807, 2.05) is 0 Å². The summed E-state index contributed by atoms with van der Waals surface area (Å²) in [4.78, 5) is 33.9. The van der Waals surface area contributed by atoms with Gasteiger partial charge in [0.25, 0.3) is 0 Å². The van der Waals surface area contributed by atoms with Gasteiger partial charge in [0, 0.05) is 5.56 Å². The summed E-state index contributed by atoms with van der Waals surface area (Å²) in [6.45, 7) is 0. The quantitative estimate of drug-likeness (QED) is 0.374. The summed E-state index contributed by atoms with van der Waals surface area (Å²) in [6, 6.07) is 12.1. The average Bonchev–Trinajstić information content (AvgIpc) is 2.55. The molecule has 0 aromatic heterocycles. The molecule has 112 valence electrons. The van der Waals surface area contributed by atoms with Gasteiger partial charge in [0.05, 0.1) is 7.11 Å². The molecular formula is C16H12O6. The summed E-state index contributed by atoms with van der Waals surface area (Å²) in [6.07, 6.45) is -0.249. The maximum Gasteiger partial charge on any atom is 0.513 e. The molecule has 0 aliphatic heterocycles. The van der Waals surface area contributed by atoms with Gasteiger partial charge in [-0.15, -0.1) is 0 Å². The number of esters is 1. The number of hydrogen-bond donors (Lipinski definition) is 0. The second kappa shape index (κ2) is 7.03. The molecule has 2 aromatic carbocycles. The van der Waals surface area contributed by atoms with Crippen LogP contribution in [-0.4, -0.2) is 25.5 Å². The first-order valence-corrected chi connectivity index (χ1v) is 6.26. The summed E-state index contributed by atoms with van der Waals surface area (Å²) >= 11 is 0. The second-order valence-electron chi connectivity index (χ2n) is 4.13. The number of ether oxygens (including phenoxy) is 3. The molecule has 0 saturated carbocycles. The van der Waals surface area contributed by atoms with Crippen LogP contribution in [0.5, 0.6) is 11.5 Å². The Morgan fingerprint density at radius 2 is 1.64 bits per heavy atom. The number of carbonyl (C=O) groups is 3. The lowest BCUT2D eigenvalue weighted by Gasteiger charge is -2.09. The molecule has 0 aliphatic carbocycles. The molecule has 0 N–H and O–H groups in total. The molecule has 6 heteroatoms. The topological polar surface area (TPSA) is 78.9 Å². The van der Waals surface area contributed by atoms with Crippen LogP contribution in [0.3, 0.4) is 0 Å². The molecule has 2 rings (SSSR count). The van der Waals surface area contributed by atoms with E-state index in [1.54, 1.807) is 12.1 Å². The third-order valence-corrected chi connectivity index (χ3v) is 2.69. The fraction of sp³-hybridized carbons (Fsp3) is 0.0625. The van der Waals surface area contributed by atoms with Crippen LogP contribution in [0, 0.1) is 0 Å². The van der Waals surface area contributed by atoms with Crippen LogP contribution in [0.1, 0.15) is 20.7 Å². The highest BCUT2D eigenvalue weighted by Crippen LogP contribution is 2.21. The van der Waals surface area contributed by atoms with Crippen LogP contribution in [0.15, 0.2) is 48.5 Å². The molecule has 6 nitrogen and oxygen atoms in total. The monoisotopic (exact) mass is 300 g/mol. The van der Waals surface area contributed by atoms with Gasteiger partial charge in [-0.3, -0.25) is 4.79 Å². The zero-order chi connectivity index (χ0) is 15.9. The number of aldehydes is 1. The fourth-order valence-corrected chi connectivity index (χ4v) is 1.63. The van der Waals surface area contributed by atoms with Crippen molar-refractivity contribution in [3.05, 3.63) is 59.7 Å². The Kier molecular flexibility index (Phi) is 4.87. The number of carbonyl (C=O) groups excluding carboxylic acids is 3. The number of hydrogen-bond acceptors (Lipinski definition) is 6. The molecule has 0 heterocycles. The van der Waals surface area contributed by atoms with Crippen LogP contribution >= 0.6 is 0 Å². The van der Waals surface area contributed by atoms with Gasteiger partial charge >= 0.3 is 12.1 Å². The molecule has 0 atom stereocenters. The Hall–Kier alpha value is -3.15. The molecule has 0 radical (unpaired) electrons. The van der Waals surface area contributed by atoms with E-state index in [2.05, 4.69) is 4.74 Å². The van der Waals surface area contributed by atoms with Gasteiger partial charge < -0.3 is 14.2 Å². The average molecular weight is 300 g/mol. The zero-order valence-corrected chi connectivity index (χ0v) is 11.6. The molecule has 0 bridgehead atoms. The van der Waals surface area contributed by atoms with E-state index in [-0.39, 0.29) is 17.1 Å². The summed E-state index contributed by atoms with van der Waals surface area (Å²) in [5.74, 6) is -0.398. The van der Waals surface area contributed by atoms with Gasteiger partial charge in [-0.2, -0.15) is 0 Å². The highest BCUT2D eigenvalue weighted by Gasteiger charge is 2.17. The van der Waals surface area contributed by atoms with E-state index in [4.69, 9.17) is 9.47 Å². The summed E-state index contributed by atoms with van der Waals surface area (Å²) in [5.41, 5.74) is 0.543. The second-order valence-corrected chi connectivity index (χ2v) is 4.13. The van der Waals surface area contributed by atoms with Gasteiger partial charge in [-0.1, -0.05) is 12.1 Å². The predicted molar refractivity (Wildman–Crippen MR) is 76.3 cm³/mol. The highest BCUT2D eigenvalue weighted by atomic mass is 16.7. The number of methoxy groups -OCH3 is 1. The molecule has 0 aliphatic rings. The summed E-state index contributed by atoms with van der Waals surface area (Å²) < 4.78 is 14.4. The van der Waals surface area contributed by atoms with Crippen molar-refractivity contribution >= 4 is 18.4 Å².